The van der Waals surface area contributed by atoms with Crippen LogP contribution in [0.15, 0.2) is 47.4 Å². The second kappa shape index (κ2) is 7.37. The highest BCUT2D eigenvalue weighted by atomic mass is 32.2. The van der Waals surface area contributed by atoms with Crippen molar-refractivity contribution in [3.8, 4) is 0 Å². The number of benzene rings is 2. The zero-order valence-electron chi connectivity index (χ0n) is 12.5. The van der Waals surface area contributed by atoms with Gasteiger partial charge in [0.05, 0.1) is 4.90 Å². The number of nitrogens with one attached hydrogen (secondary N) is 2. The summed E-state index contributed by atoms with van der Waals surface area (Å²) in [6.45, 7) is -0.107. The molecule has 0 saturated carbocycles. The summed E-state index contributed by atoms with van der Waals surface area (Å²) in [6, 6.07) is 8.09. The first-order valence-corrected chi connectivity index (χ1v) is 8.17. The van der Waals surface area contributed by atoms with Crippen molar-refractivity contribution >= 4 is 27.3 Å². The number of methoxy groups -OCH3 is 1. The monoisotopic (exact) mass is 356 g/mol. The normalized spacial score (nSPS) is 11.1. The van der Waals surface area contributed by atoms with Gasteiger partial charge in [0.15, 0.2) is 11.6 Å². The van der Waals surface area contributed by atoms with E-state index in [1.165, 1.54) is 31.4 Å². The molecule has 1 amide bonds. The molecule has 2 aromatic carbocycles. The van der Waals surface area contributed by atoms with E-state index in [2.05, 4.69) is 14.8 Å². The van der Waals surface area contributed by atoms with Gasteiger partial charge in [0.25, 0.3) is 10.0 Å². The van der Waals surface area contributed by atoms with Crippen molar-refractivity contribution in [2.75, 3.05) is 23.8 Å². The van der Waals surface area contributed by atoms with E-state index >= 15 is 0 Å². The predicted molar refractivity (Wildman–Crippen MR) is 84.1 cm³/mol. The Labute approximate surface area is 137 Å². The van der Waals surface area contributed by atoms with Crippen LogP contribution in [0.1, 0.15) is 0 Å². The number of carbonyl (C=O) groups excluding carboxylic acids is 1. The van der Waals surface area contributed by atoms with Crippen LogP contribution in [-0.4, -0.2) is 28.0 Å². The van der Waals surface area contributed by atoms with Gasteiger partial charge in [-0.3, -0.25) is 9.52 Å². The first-order chi connectivity index (χ1) is 11.3. The second-order valence-corrected chi connectivity index (χ2v) is 6.42. The summed E-state index contributed by atoms with van der Waals surface area (Å²) in [5.41, 5.74) is 0.650. The van der Waals surface area contributed by atoms with Crippen LogP contribution in [0, 0.1) is 11.6 Å². The van der Waals surface area contributed by atoms with E-state index in [9.17, 15) is 22.0 Å². The summed E-state index contributed by atoms with van der Waals surface area (Å²) < 4.78 is 57.2. The zero-order chi connectivity index (χ0) is 17.7. The summed E-state index contributed by atoms with van der Waals surface area (Å²) in [7, 11) is -2.68. The smallest absolute Gasteiger partial charge is 0.261 e. The average molecular weight is 356 g/mol. The number of hydrogen-bond acceptors (Lipinski definition) is 4. The Morgan fingerprint density at radius 2 is 1.67 bits per heavy atom. The number of halogens is 2. The number of sulfonamides is 1. The van der Waals surface area contributed by atoms with Crippen molar-refractivity contribution in [2.45, 2.75) is 4.90 Å². The molecule has 0 saturated heterocycles. The Hall–Kier alpha value is -2.52. The predicted octanol–water partition coefficient (Wildman–Crippen LogP) is 2.35. The summed E-state index contributed by atoms with van der Waals surface area (Å²) in [5, 5.41) is 2.55. The van der Waals surface area contributed by atoms with E-state index in [0.29, 0.717) is 11.8 Å². The molecule has 2 N–H and O–H groups in total. The van der Waals surface area contributed by atoms with Crippen molar-refractivity contribution < 1.29 is 26.7 Å². The summed E-state index contributed by atoms with van der Waals surface area (Å²) >= 11 is 0. The standard InChI is InChI=1S/C15H14F2N2O4S/c1-23-9-15(20)18-10-2-4-11(5-3-10)19-24(21,22)12-6-7-13(16)14(17)8-12/h2-8,19H,9H2,1H3,(H,18,20). The SMILES string of the molecule is COCC(=O)Nc1ccc(NS(=O)(=O)c2ccc(F)c(F)c2)cc1. The summed E-state index contributed by atoms with van der Waals surface area (Å²) in [5.74, 6) is -2.74. The molecule has 128 valence electrons. The van der Waals surface area contributed by atoms with Crippen molar-refractivity contribution in [3.05, 3.63) is 54.1 Å². The number of anilines is 2. The molecule has 0 heterocycles. The third-order valence-electron chi connectivity index (χ3n) is 2.90. The first-order valence-electron chi connectivity index (χ1n) is 6.68. The van der Waals surface area contributed by atoms with E-state index in [0.717, 1.165) is 12.1 Å². The van der Waals surface area contributed by atoms with Gasteiger partial charge in [-0.05, 0) is 42.5 Å². The fourth-order valence-corrected chi connectivity index (χ4v) is 2.88. The Morgan fingerprint density at radius 3 is 2.25 bits per heavy atom. The molecular formula is C15H14F2N2O4S. The molecular weight excluding hydrogens is 342 g/mol. The number of amides is 1. The molecule has 9 heteroatoms. The number of hydrogen-bond donors (Lipinski definition) is 2. The van der Waals surface area contributed by atoms with Gasteiger partial charge in [-0.2, -0.15) is 0 Å². The molecule has 0 spiro atoms. The van der Waals surface area contributed by atoms with Gasteiger partial charge >= 0.3 is 0 Å². The van der Waals surface area contributed by atoms with Gasteiger partial charge in [-0.25, -0.2) is 17.2 Å². The third kappa shape index (κ3) is 4.49. The van der Waals surface area contributed by atoms with Crippen LogP contribution in [0.25, 0.3) is 0 Å². The molecule has 2 aromatic rings. The van der Waals surface area contributed by atoms with Gasteiger partial charge in [-0.1, -0.05) is 0 Å². The molecule has 0 aliphatic rings. The van der Waals surface area contributed by atoms with Crippen LogP contribution in [0.2, 0.25) is 0 Å². The first kappa shape index (κ1) is 17.8. The Bertz CT molecular complexity index is 839. The molecule has 2 rings (SSSR count). The highest BCUT2D eigenvalue weighted by Gasteiger charge is 2.16. The number of carbonyl (C=O) groups is 1. The minimum absolute atomic E-state index is 0.107. The quantitative estimate of drug-likeness (QED) is 0.832. The van der Waals surface area contributed by atoms with E-state index in [4.69, 9.17) is 0 Å². The van der Waals surface area contributed by atoms with Crippen LogP contribution in [0.4, 0.5) is 20.2 Å². The number of ether oxygens (including phenoxy) is 1. The largest absolute Gasteiger partial charge is 0.375 e. The van der Waals surface area contributed by atoms with Crippen molar-refractivity contribution in [1.29, 1.82) is 0 Å². The van der Waals surface area contributed by atoms with Gasteiger partial charge < -0.3 is 10.1 Å². The fraction of sp³-hybridized carbons (Fsp3) is 0.133. The van der Waals surface area contributed by atoms with Crippen LogP contribution >= 0.6 is 0 Å². The zero-order valence-corrected chi connectivity index (χ0v) is 13.4. The summed E-state index contributed by atoms with van der Waals surface area (Å²) in [6.07, 6.45) is 0. The van der Waals surface area contributed by atoms with Crippen LogP contribution in [0.3, 0.4) is 0 Å². The van der Waals surface area contributed by atoms with Gasteiger partial charge in [0.2, 0.25) is 5.91 Å². The van der Waals surface area contributed by atoms with E-state index in [1.807, 2.05) is 0 Å². The van der Waals surface area contributed by atoms with Crippen molar-refractivity contribution in [3.63, 3.8) is 0 Å². The van der Waals surface area contributed by atoms with E-state index in [-0.39, 0.29) is 18.2 Å². The minimum Gasteiger partial charge on any atom is -0.375 e. The van der Waals surface area contributed by atoms with Crippen LogP contribution < -0.4 is 10.0 Å². The van der Waals surface area contributed by atoms with Crippen LogP contribution in [0.5, 0.6) is 0 Å². The molecule has 0 atom stereocenters. The maximum absolute atomic E-state index is 13.2. The van der Waals surface area contributed by atoms with Gasteiger partial charge in [0, 0.05) is 18.5 Å². The molecule has 0 fully saturated rings. The Balaban J connectivity index is 2.12. The average Bonchev–Trinajstić information content (AvgIpc) is 2.52. The van der Waals surface area contributed by atoms with Gasteiger partial charge in [0.1, 0.15) is 6.61 Å². The minimum atomic E-state index is -4.06. The second-order valence-electron chi connectivity index (χ2n) is 4.74. The van der Waals surface area contributed by atoms with Crippen molar-refractivity contribution in [1.82, 2.24) is 0 Å². The molecule has 0 aliphatic heterocycles. The van der Waals surface area contributed by atoms with E-state index in [1.54, 1.807) is 0 Å². The maximum Gasteiger partial charge on any atom is 0.261 e. The highest BCUT2D eigenvalue weighted by molar-refractivity contribution is 7.92. The van der Waals surface area contributed by atoms with E-state index < -0.39 is 26.6 Å². The lowest BCUT2D eigenvalue weighted by Gasteiger charge is -2.10. The molecule has 6 nitrogen and oxygen atoms in total. The lowest BCUT2D eigenvalue weighted by Crippen LogP contribution is -2.17. The summed E-state index contributed by atoms with van der Waals surface area (Å²) in [4.78, 5) is 11.0. The molecule has 24 heavy (non-hydrogen) atoms. The lowest BCUT2D eigenvalue weighted by atomic mass is 10.3. The molecule has 0 bridgehead atoms. The van der Waals surface area contributed by atoms with Crippen LogP contribution in [-0.2, 0) is 19.6 Å². The fourth-order valence-electron chi connectivity index (χ4n) is 1.81. The molecule has 0 aromatic heterocycles. The van der Waals surface area contributed by atoms with Gasteiger partial charge in [-0.15, -0.1) is 0 Å². The maximum atomic E-state index is 13.2. The Morgan fingerprint density at radius 1 is 1.04 bits per heavy atom. The topological polar surface area (TPSA) is 84.5 Å². The Kier molecular flexibility index (Phi) is 5.47. The molecule has 0 aliphatic carbocycles. The third-order valence-corrected chi connectivity index (χ3v) is 4.28. The lowest BCUT2D eigenvalue weighted by molar-refractivity contribution is -0.119. The van der Waals surface area contributed by atoms with Crippen molar-refractivity contribution in [2.24, 2.45) is 0 Å². The molecule has 0 radical (unpaired) electrons. The molecule has 0 unspecified atom stereocenters. The number of rotatable bonds is 6. The highest BCUT2D eigenvalue weighted by Crippen LogP contribution is 2.20.